The predicted octanol–water partition coefficient (Wildman–Crippen LogP) is 2.96. The first-order valence-electron chi connectivity index (χ1n) is 8.76. The smallest absolute Gasteiger partial charge is 0.337 e. The van der Waals surface area contributed by atoms with Crippen LogP contribution >= 0.6 is 0 Å². The number of carbonyl (C=O) groups is 2. The minimum atomic E-state index is -0.446. The molecule has 2 aromatic rings. The zero-order valence-corrected chi connectivity index (χ0v) is 15.2. The van der Waals surface area contributed by atoms with Crippen molar-refractivity contribution in [1.82, 2.24) is 0 Å². The maximum Gasteiger partial charge on any atom is 0.337 e. The zero-order chi connectivity index (χ0) is 19.1. The monoisotopic (exact) mass is 366 g/mol. The second-order valence-corrected chi connectivity index (χ2v) is 6.06. The number of benzene rings is 2. The summed E-state index contributed by atoms with van der Waals surface area (Å²) >= 11 is 0. The van der Waals surface area contributed by atoms with Crippen LogP contribution in [0.1, 0.15) is 15.9 Å². The summed E-state index contributed by atoms with van der Waals surface area (Å²) in [6.07, 6.45) is 3.22. The Labute approximate surface area is 158 Å². The van der Waals surface area contributed by atoms with Gasteiger partial charge in [-0.3, -0.25) is 4.79 Å². The van der Waals surface area contributed by atoms with Crippen molar-refractivity contribution in [2.24, 2.45) is 0 Å². The van der Waals surface area contributed by atoms with Gasteiger partial charge in [-0.1, -0.05) is 30.3 Å². The molecular weight excluding hydrogens is 344 g/mol. The number of hydrogen-bond donors (Lipinski definition) is 1. The number of methoxy groups -OCH3 is 1. The van der Waals surface area contributed by atoms with Crippen LogP contribution < -0.4 is 10.2 Å². The molecule has 0 saturated carbocycles. The fourth-order valence-electron chi connectivity index (χ4n) is 2.87. The van der Waals surface area contributed by atoms with Crippen LogP contribution in [0.4, 0.5) is 11.4 Å². The van der Waals surface area contributed by atoms with E-state index < -0.39 is 5.97 Å². The van der Waals surface area contributed by atoms with Gasteiger partial charge in [0.1, 0.15) is 0 Å². The number of nitrogens with zero attached hydrogens (tertiary/aromatic N) is 1. The first kappa shape index (κ1) is 18.7. The van der Waals surface area contributed by atoms with Gasteiger partial charge in [-0.15, -0.1) is 0 Å². The van der Waals surface area contributed by atoms with Crippen molar-refractivity contribution in [3.05, 3.63) is 65.7 Å². The lowest BCUT2D eigenvalue weighted by molar-refractivity contribution is -0.111. The molecule has 1 heterocycles. The summed E-state index contributed by atoms with van der Waals surface area (Å²) in [7, 11) is 1.33. The van der Waals surface area contributed by atoms with E-state index in [0.717, 1.165) is 24.3 Å². The van der Waals surface area contributed by atoms with Crippen LogP contribution in [-0.4, -0.2) is 45.3 Å². The van der Waals surface area contributed by atoms with Crippen LogP contribution in [0.15, 0.2) is 54.6 Å². The molecule has 2 aromatic carbocycles. The van der Waals surface area contributed by atoms with Crippen molar-refractivity contribution in [3.8, 4) is 0 Å². The molecule has 1 fully saturated rings. The second-order valence-electron chi connectivity index (χ2n) is 6.06. The Morgan fingerprint density at radius 1 is 1.11 bits per heavy atom. The number of morpholine rings is 1. The van der Waals surface area contributed by atoms with E-state index in [1.54, 1.807) is 18.2 Å². The molecule has 1 N–H and O–H groups in total. The number of anilines is 2. The SMILES string of the molecule is COC(=O)c1ccc(N2CCOCC2)c(NC(=O)C=Cc2ccccc2)c1. The third kappa shape index (κ3) is 4.95. The van der Waals surface area contributed by atoms with Gasteiger partial charge >= 0.3 is 5.97 Å². The average Bonchev–Trinajstić information content (AvgIpc) is 2.73. The molecule has 6 heteroatoms. The Morgan fingerprint density at radius 2 is 1.85 bits per heavy atom. The molecule has 0 radical (unpaired) electrons. The molecule has 0 atom stereocenters. The van der Waals surface area contributed by atoms with E-state index in [0.29, 0.717) is 24.5 Å². The van der Waals surface area contributed by atoms with Crippen LogP contribution in [0.3, 0.4) is 0 Å². The highest BCUT2D eigenvalue weighted by Gasteiger charge is 2.18. The van der Waals surface area contributed by atoms with Crippen LogP contribution in [-0.2, 0) is 14.3 Å². The van der Waals surface area contributed by atoms with Crippen LogP contribution in [0, 0.1) is 0 Å². The topological polar surface area (TPSA) is 67.9 Å². The molecule has 6 nitrogen and oxygen atoms in total. The van der Waals surface area contributed by atoms with Crippen molar-refractivity contribution in [2.45, 2.75) is 0 Å². The molecule has 0 aromatic heterocycles. The fraction of sp³-hybridized carbons (Fsp3) is 0.238. The fourth-order valence-corrected chi connectivity index (χ4v) is 2.87. The van der Waals surface area contributed by atoms with Crippen LogP contribution in [0.25, 0.3) is 6.08 Å². The second kappa shape index (κ2) is 9.00. The molecule has 1 saturated heterocycles. The summed E-state index contributed by atoms with van der Waals surface area (Å²) in [5.41, 5.74) is 2.75. The van der Waals surface area contributed by atoms with Crippen LogP contribution in [0.2, 0.25) is 0 Å². The van der Waals surface area contributed by atoms with Gasteiger partial charge in [0.25, 0.3) is 0 Å². The van der Waals surface area contributed by atoms with Gasteiger partial charge in [-0.2, -0.15) is 0 Å². The lowest BCUT2D eigenvalue weighted by atomic mass is 10.1. The minimum absolute atomic E-state index is 0.268. The Balaban J connectivity index is 1.82. The van der Waals surface area contributed by atoms with Gasteiger partial charge < -0.3 is 19.7 Å². The molecule has 1 aliphatic heterocycles. The molecule has 3 rings (SSSR count). The van der Waals surface area contributed by atoms with Gasteiger partial charge in [0.2, 0.25) is 5.91 Å². The number of carbonyl (C=O) groups excluding carboxylic acids is 2. The molecule has 140 valence electrons. The molecular formula is C21H22N2O4. The number of nitrogens with one attached hydrogen (secondary N) is 1. The highest BCUT2D eigenvalue weighted by molar-refractivity contribution is 6.05. The Kier molecular flexibility index (Phi) is 6.22. The van der Waals surface area contributed by atoms with Gasteiger partial charge in [0, 0.05) is 19.2 Å². The van der Waals surface area contributed by atoms with Crippen molar-refractivity contribution in [2.75, 3.05) is 43.6 Å². The van der Waals surface area contributed by atoms with Crippen molar-refractivity contribution >= 4 is 29.3 Å². The number of ether oxygens (including phenoxy) is 2. The van der Waals surface area contributed by atoms with Gasteiger partial charge in [0.15, 0.2) is 0 Å². The third-order valence-corrected chi connectivity index (χ3v) is 4.25. The lowest BCUT2D eigenvalue weighted by Gasteiger charge is -2.30. The molecule has 1 aliphatic rings. The van der Waals surface area contributed by atoms with Crippen molar-refractivity contribution < 1.29 is 19.1 Å². The van der Waals surface area contributed by atoms with Crippen LogP contribution in [0.5, 0.6) is 0 Å². The third-order valence-electron chi connectivity index (χ3n) is 4.25. The molecule has 0 aliphatic carbocycles. The largest absolute Gasteiger partial charge is 0.465 e. The normalized spacial score (nSPS) is 14.2. The zero-order valence-electron chi connectivity index (χ0n) is 15.2. The molecule has 27 heavy (non-hydrogen) atoms. The Hall–Kier alpha value is -3.12. The van der Waals surface area contributed by atoms with E-state index in [2.05, 4.69) is 10.2 Å². The molecule has 0 bridgehead atoms. The molecule has 1 amide bonds. The summed E-state index contributed by atoms with van der Waals surface area (Å²) in [6, 6.07) is 14.7. The Bertz CT molecular complexity index is 827. The number of amides is 1. The predicted molar refractivity (Wildman–Crippen MR) is 105 cm³/mol. The summed E-state index contributed by atoms with van der Waals surface area (Å²) in [6.45, 7) is 2.70. The van der Waals surface area contributed by atoms with Crippen molar-refractivity contribution in [3.63, 3.8) is 0 Å². The van der Waals surface area contributed by atoms with Gasteiger partial charge in [-0.05, 0) is 29.8 Å². The van der Waals surface area contributed by atoms with Gasteiger partial charge in [0.05, 0.1) is 37.3 Å². The maximum absolute atomic E-state index is 12.4. The summed E-state index contributed by atoms with van der Waals surface area (Å²) in [5.74, 6) is -0.714. The standard InChI is InChI=1S/C21H22N2O4/c1-26-21(25)17-8-9-19(23-11-13-27-14-12-23)18(15-17)22-20(24)10-7-16-5-3-2-4-6-16/h2-10,15H,11-14H2,1H3,(H,22,24). The minimum Gasteiger partial charge on any atom is -0.465 e. The Morgan fingerprint density at radius 3 is 2.56 bits per heavy atom. The number of rotatable bonds is 5. The van der Waals surface area contributed by atoms with E-state index in [4.69, 9.17) is 9.47 Å². The van der Waals surface area contributed by atoms with E-state index in [1.807, 2.05) is 36.4 Å². The maximum atomic E-state index is 12.4. The van der Waals surface area contributed by atoms with E-state index in [9.17, 15) is 9.59 Å². The van der Waals surface area contributed by atoms with E-state index in [-0.39, 0.29) is 5.91 Å². The highest BCUT2D eigenvalue weighted by atomic mass is 16.5. The molecule has 0 spiro atoms. The number of hydrogen-bond acceptors (Lipinski definition) is 5. The van der Waals surface area contributed by atoms with E-state index in [1.165, 1.54) is 13.2 Å². The number of esters is 1. The van der Waals surface area contributed by atoms with Crippen molar-refractivity contribution in [1.29, 1.82) is 0 Å². The van der Waals surface area contributed by atoms with Gasteiger partial charge in [-0.25, -0.2) is 4.79 Å². The summed E-state index contributed by atoms with van der Waals surface area (Å²) < 4.78 is 10.2. The first-order valence-corrected chi connectivity index (χ1v) is 8.76. The summed E-state index contributed by atoms with van der Waals surface area (Å²) in [5, 5.41) is 2.88. The summed E-state index contributed by atoms with van der Waals surface area (Å²) in [4.78, 5) is 26.4. The lowest BCUT2D eigenvalue weighted by Crippen LogP contribution is -2.36. The molecule has 0 unspecified atom stereocenters. The highest BCUT2D eigenvalue weighted by Crippen LogP contribution is 2.28. The average molecular weight is 366 g/mol. The first-order chi connectivity index (χ1) is 13.2. The quantitative estimate of drug-likeness (QED) is 0.651. The van der Waals surface area contributed by atoms with E-state index >= 15 is 0 Å².